The van der Waals surface area contributed by atoms with Crippen molar-refractivity contribution in [1.82, 2.24) is 9.97 Å². The maximum atomic E-state index is 13.2. The van der Waals surface area contributed by atoms with Gasteiger partial charge in [-0.2, -0.15) is 0 Å². The van der Waals surface area contributed by atoms with Crippen LogP contribution in [0.3, 0.4) is 0 Å². The van der Waals surface area contributed by atoms with Crippen molar-refractivity contribution in [2.45, 2.75) is 6.61 Å². The van der Waals surface area contributed by atoms with Crippen LogP contribution in [0.1, 0.15) is 5.82 Å². The Labute approximate surface area is 96.1 Å². The summed E-state index contributed by atoms with van der Waals surface area (Å²) in [5.41, 5.74) is 5.84. The number of benzene rings is 1. The molecule has 0 unspecified atom stereocenters. The van der Waals surface area contributed by atoms with Gasteiger partial charge in [-0.15, -0.1) is 0 Å². The third-order valence-electron chi connectivity index (χ3n) is 1.98. The normalized spacial score (nSPS) is 10.2. The smallest absolute Gasteiger partial charge is 0.167 e. The van der Waals surface area contributed by atoms with Crippen LogP contribution in [0.25, 0.3) is 0 Å². The summed E-state index contributed by atoms with van der Waals surface area (Å²) < 4.78 is 30.9. The predicted octanol–water partition coefficient (Wildman–Crippen LogP) is 1.92. The first kappa shape index (κ1) is 11.3. The van der Waals surface area contributed by atoms with Crippen LogP contribution in [0.15, 0.2) is 30.6 Å². The Balaban J connectivity index is 2.04. The van der Waals surface area contributed by atoms with Crippen LogP contribution in [0, 0.1) is 11.6 Å². The van der Waals surface area contributed by atoms with Gasteiger partial charge in [0.2, 0.25) is 0 Å². The summed E-state index contributed by atoms with van der Waals surface area (Å²) in [7, 11) is 0. The molecule has 0 atom stereocenters. The van der Waals surface area contributed by atoms with Crippen molar-refractivity contribution in [3.05, 3.63) is 48.1 Å². The Hall–Kier alpha value is -2.24. The molecule has 0 saturated heterocycles. The van der Waals surface area contributed by atoms with E-state index in [1.807, 2.05) is 0 Å². The molecule has 0 amide bonds. The molecule has 0 spiro atoms. The van der Waals surface area contributed by atoms with E-state index in [1.54, 1.807) is 0 Å². The highest BCUT2D eigenvalue weighted by molar-refractivity contribution is 5.30. The van der Waals surface area contributed by atoms with Gasteiger partial charge in [-0.05, 0) is 12.1 Å². The molecule has 0 radical (unpaired) electrons. The zero-order valence-corrected chi connectivity index (χ0v) is 8.73. The fourth-order valence-electron chi connectivity index (χ4n) is 1.17. The van der Waals surface area contributed by atoms with Crippen LogP contribution in [-0.2, 0) is 6.61 Å². The van der Waals surface area contributed by atoms with Gasteiger partial charge in [0.25, 0.3) is 0 Å². The average molecular weight is 237 g/mol. The second-order valence-electron chi connectivity index (χ2n) is 3.30. The maximum absolute atomic E-state index is 13.2. The fourth-order valence-corrected chi connectivity index (χ4v) is 1.17. The topological polar surface area (TPSA) is 61.0 Å². The summed E-state index contributed by atoms with van der Waals surface area (Å²) in [4.78, 5) is 7.77. The van der Waals surface area contributed by atoms with E-state index in [0.29, 0.717) is 11.5 Å². The summed E-state index contributed by atoms with van der Waals surface area (Å²) in [6.07, 6.45) is 2.85. The van der Waals surface area contributed by atoms with Crippen molar-refractivity contribution >= 4 is 5.69 Å². The Kier molecular flexibility index (Phi) is 3.13. The number of halogens is 2. The molecule has 1 heterocycles. The number of hydrogen-bond donors (Lipinski definition) is 1. The van der Waals surface area contributed by atoms with E-state index in [4.69, 9.17) is 10.5 Å². The number of anilines is 1. The van der Waals surface area contributed by atoms with Gasteiger partial charge in [0.1, 0.15) is 12.4 Å². The maximum Gasteiger partial charge on any atom is 0.167 e. The van der Waals surface area contributed by atoms with Crippen molar-refractivity contribution < 1.29 is 13.5 Å². The lowest BCUT2D eigenvalue weighted by atomic mass is 10.3. The number of rotatable bonds is 3. The van der Waals surface area contributed by atoms with E-state index in [-0.39, 0.29) is 12.4 Å². The molecule has 0 aliphatic rings. The molecule has 0 aliphatic heterocycles. The van der Waals surface area contributed by atoms with Gasteiger partial charge in [-0.25, -0.2) is 18.7 Å². The van der Waals surface area contributed by atoms with Gasteiger partial charge in [-0.1, -0.05) is 0 Å². The molecule has 2 aromatic rings. The van der Waals surface area contributed by atoms with Gasteiger partial charge >= 0.3 is 0 Å². The number of nitrogen functional groups attached to an aromatic ring is 1. The minimum Gasteiger partial charge on any atom is -0.483 e. The third-order valence-corrected chi connectivity index (χ3v) is 1.98. The zero-order chi connectivity index (χ0) is 12.3. The number of ether oxygens (including phenoxy) is 1. The molecule has 0 aliphatic carbocycles. The Morgan fingerprint density at radius 1 is 1.18 bits per heavy atom. The lowest BCUT2D eigenvalue weighted by Gasteiger charge is -2.06. The van der Waals surface area contributed by atoms with Gasteiger partial charge in [-0.3, -0.25) is 0 Å². The predicted molar refractivity (Wildman–Crippen MR) is 57.1 cm³/mol. The summed E-state index contributed by atoms with van der Waals surface area (Å²) in [5.74, 6) is -1.10. The summed E-state index contributed by atoms with van der Waals surface area (Å²) >= 11 is 0. The van der Waals surface area contributed by atoms with Crippen LogP contribution in [0.5, 0.6) is 5.75 Å². The van der Waals surface area contributed by atoms with Crippen molar-refractivity contribution in [2.75, 3.05) is 5.73 Å². The Morgan fingerprint density at radius 2 is 1.88 bits per heavy atom. The molecule has 2 rings (SSSR count). The zero-order valence-electron chi connectivity index (χ0n) is 8.73. The van der Waals surface area contributed by atoms with E-state index in [1.165, 1.54) is 18.5 Å². The van der Waals surface area contributed by atoms with Crippen LogP contribution in [0.4, 0.5) is 14.5 Å². The minimum absolute atomic E-state index is 0.0111. The van der Waals surface area contributed by atoms with E-state index in [2.05, 4.69) is 9.97 Å². The first-order valence-electron chi connectivity index (χ1n) is 4.79. The molecule has 4 nitrogen and oxygen atoms in total. The SMILES string of the molecule is Nc1cnc(COc2ccc(F)cc2F)nc1. The largest absolute Gasteiger partial charge is 0.483 e. The van der Waals surface area contributed by atoms with Crippen LogP contribution >= 0.6 is 0 Å². The number of aromatic nitrogens is 2. The quantitative estimate of drug-likeness (QED) is 0.885. The highest BCUT2D eigenvalue weighted by Crippen LogP contribution is 2.18. The van der Waals surface area contributed by atoms with Gasteiger partial charge < -0.3 is 10.5 Å². The van der Waals surface area contributed by atoms with Crippen LogP contribution in [-0.4, -0.2) is 9.97 Å². The fraction of sp³-hybridized carbons (Fsp3) is 0.0909. The van der Waals surface area contributed by atoms with E-state index in [9.17, 15) is 8.78 Å². The van der Waals surface area contributed by atoms with Crippen molar-refractivity contribution in [3.8, 4) is 5.75 Å². The first-order chi connectivity index (χ1) is 8.15. The van der Waals surface area contributed by atoms with Gasteiger partial charge in [0.15, 0.2) is 17.4 Å². The molecule has 1 aromatic carbocycles. The number of nitrogens with two attached hydrogens (primary N) is 1. The van der Waals surface area contributed by atoms with Gasteiger partial charge in [0, 0.05) is 6.07 Å². The molecule has 88 valence electrons. The Bertz CT molecular complexity index is 517. The summed E-state index contributed by atoms with van der Waals surface area (Å²) in [5, 5.41) is 0. The van der Waals surface area contributed by atoms with Gasteiger partial charge in [0.05, 0.1) is 18.1 Å². The number of nitrogens with zero attached hydrogens (tertiary/aromatic N) is 2. The lowest BCUT2D eigenvalue weighted by molar-refractivity contribution is 0.280. The second kappa shape index (κ2) is 4.73. The third kappa shape index (κ3) is 2.87. The van der Waals surface area contributed by atoms with E-state index >= 15 is 0 Å². The second-order valence-corrected chi connectivity index (χ2v) is 3.30. The molecular formula is C11H9F2N3O. The Morgan fingerprint density at radius 3 is 2.53 bits per heavy atom. The minimum atomic E-state index is -0.763. The summed E-state index contributed by atoms with van der Waals surface area (Å²) in [6.45, 7) is -0.0111. The highest BCUT2D eigenvalue weighted by Gasteiger charge is 2.05. The molecule has 6 heteroatoms. The lowest BCUT2D eigenvalue weighted by Crippen LogP contribution is -2.03. The average Bonchev–Trinajstić information content (AvgIpc) is 2.30. The standard InChI is InChI=1S/C11H9F2N3O/c12-7-1-2-10(9(13)3-7)17-6-11-15-4-8(14)5-16-11/h1-5H,6,14H2. The van der Waals surface area contributed by atoms with Crippen LogP contribution < -0.4 is 10.5 Å². The molecule has 1 aromatic heterocycles. The van der Waals surface area contributed by atoms with E-state index < -0.39 is 11.6 Å². The van der Waals surface area contributed by atoms with Crippen molar-refractivity contribution in [1.29, 1.82) is 0 Å². The summed E-state index contributed by atoms with van der Waals surface area (Å²) in [6, 6.07) is 3.07. The molecule has 0 fully saturated rings. The molecular weight excluding hydrogens is 228 g/mol. The van der Waals surface area contributed by atoms with Crippen molar-refractivity contribution in [2.24, 2.45) is 0 Å². The monoisotopic (exact) mass is 237 g/mol. The molecule has 0 saturated carbocycles. The highest BCUT2D eigenvalue weighted by atomic mass is 19.1. The molecule has 0 bridgehead atoms. The van der Waals surface area contributed by atoms with Crippen molar-refractivity contribution in [3.63, 3.8) is 0 Å². The number of hydrogen-bond acceptors (Lipinski definition) is 4. The molecule has 2 N–H and O–H groups in total. The molecule has 17 heavy (non-hydrogen) atoms. The van der Waals surface area contributed by atoms with Crippen LogP contribution in [0.2, 0.25) is 0 Å². The first-order valence-corrected chi connectivity index (χ1v) is 4.79. The van der Waals surface area contributed by atoms with E-state index in [0.717, 1.165) is 12.1 Å².